The highest BCUT2D eigenvalue weighted by molar-refractivity contribution is 6.48. The molecule has 0 unspecified atom stereocenters. The number of allylic oxidation sites excluding steroid dienone is 6. The topological polar surface area (TPSA) is 104 Å². The predicted octanol–water partition coefficient (Wildman–Crippen LogP) is 5.03. The second kappa shape index (κ2) is 10.3. The van der Waals surface area contributed by atoms with Crippen LogP contribution >= 0.6 is 0 Å². The molecule has 0 aromatic heterocycles. The van der Waals surface area contributed by atoms with Gasteiger partial charge in [0.1, 0.15) is 11.8 Å². The maximum absolute atomic E-state index is 12.4. The van der Waals surface area contributed by atoms with Crippen LogP contribution < -0.4 is 5.32 Å². The fourth-order valence-electron chi connectivity index (χ4n) is 4.44. The van der Waals surface area contributed by atoms with Gasteiger partial charge in [0, 0.05) is 6.08 Å². The van der Waals surface area contributed by atoms with Gasteiger partial charge in [-0.1, -0.05) is 51.0 Å². The van der Waals surface area contributed by atoms with Crippen LogP contribution in [0.15, 0.2) is 46.4 Å². The first-order valence-corrected chi connectivity index (χ1v) is 11.4. The van der Waals surface area contributed by atoms with E-state index in [0.717, 1.165) is 37.3 Å². The lowest BCUT2D eigenvalue weighted by atomic mass is 9.65. The minimum Gasteiger partial charge on any atom is -0.505 e. The summed E-state index contributed by atoms with van der Waals surface area (Å²) in [7, 11) is 0. The highest BCUT2D eigenvalue weighted by atomic mass is 16.4. The van der Waals surface area contributed by atoms with E-state index < -0.39 is 23.6 Å². The number of aliphatic hydroxyl groups is 1. The molecule has 0 saturated carbocycles. The second-order valence-corrected chi connectivity index (χ2v) is 9.90. The van der Waals surface area contributed by atoms with Crippen LogP contribution in [-0.2, 0) is 14.4 Å². The van der Waals surface area contributed by atoms with E-state index in [-0.39, 0.29) is 34.8 Å². The number of aliphatic hydroxyl groups excluding tert-OH is 1. The Kier molecular flexibility index (Phi) is 8.27. The number of carboxylic acids is 1. The third-order valence-electron chi connectivity index (χ3n) is 7.21. The summed E-state index contributed by atoms with van der Waals surface area (Å²) in [5, 5.41) is 22.7. The molecule has 0 fully saturated rings. The summed E-state index contributed by atoms with van der Waals surface area (Å²) >= 11 is 0. The Bertz CT molecular complexity index is 905. The average molecular weight is 444 g/mol. The SMILES string of the molecule is CC1=CCC[C@](C)(CC/C(C)=C/CC2=C(O)C(N[C@@H](C(=O)O)C(C)C)=CC(=O)C2=O)[C@@H]1C. The lowest BCUT2D eigenvalue weighted by Crippen LogP contribution is -2.42. The van der Waals surface area contributed by atoms with Crippen LogP contribution in [0.2, 0.25) is 0 Å². The normalized spacial score (nSPS) is 25.6. The average Bonchev–Trinajstić information content (AvgIpc) is 2.71. The van der Waals surface area contributed by atoms with E-state index >= 15 is 0 Å². The molecule has 2 aliphatic carbocycles. The number of carbonyl (C=O) groups is 3. The van der Waals surface area contributed by atoms with Crippen LogP contribution in [0.1, 0.15) is 73.6 Å². The first kappa shape index (κ1) is 25.6. The zero-order valence-electron chi connectivity index (χ0n) is 20.1. The van der Waals surface area contributed by atoms with Gasteiger partial charge in [0.05, 0.1) is 11.3 Å². The van der Waals surface area contributed by atoms with Gasteiger partial charge in [-0.25, -0.2) is 4.79 Å². The number of ketones is 2. The Labute approximate surface area is 191 Å². The molecule has 0 amide bonds. The molecular formula is C26H37NO5. The number of aliphatic carboxylic acids is 1. The van der Waals surface area contributed by atoms with E-state index in [1.165, 1.54) is 5.57 Å². The molecule has 2 aliphatic rings. The van der Waals surface area contributed by atoms with Crippen molar-refractivity contribution in [2.75, 3.05) is 0 Å². The third kappa shape index (κ3) is 5.78. The van der Waals surface area contributed by atoms with Gasteiger partial charge in [-0.05, 0) is 63.2 Å². The third-order valence-corrected chi connectivity index (χ3v) is 7.21. The summed E-state index contributed by atoms with van der Waals surface area (Å²) in [6.45, 7) is 12.2. The fourth-order valence-corrected chi connectivity index (χ4v) is 4.44. The van der Waals surface area contributed by atoms with Crippen LogP contribution in [0.3, 0.4) is 0 Å². The van der Waals surface area contributed by atoms with E-state index in [9.17, 15) is 24.6 Å². The minimum absolute atomic E-state index is 0.00303. The summed E-state index contributed by atoms with van der Waals surface area (Å²) < 4.78 is 0. The van der Waals surface area contributed by atoms with Crippen molar-refractivity contribution < 1.29 is 24.6 Å². The van der Waals surface area contributed by atoms with Crippen LogP contribution in [0.4, 0.5) is 0 Å². The van der Waals surface area contributed by atoms with Crippen molar-refractivity contribution in [3.63, 3.8) is 0 Å². The summed E-state index contributed by atoms with van der Waals surface area (Å²) in [5.74, 6) is -2.70. The fraction of sp³-hybridized carbons (Fsp3) is 0.577. The van der Waals surface area contributed by atoms with Crippen molar-refractivity contribution in [1.29, 1.82) is 0 Å². The number of carboxylic acid groups (broad SMARTS) is 1. The number of hydrogen-bond acceptors (Lipinski definition) is 5. The number of rotatable bonds is 9. The monoisotopic (exact) mass is 443 g/mol. The van der Waals surface area contributed by atoms with Crippen molar-refractivity contribution in [1.82, 2.24) is 5.32 Å². The van der Waals surface area contributed by atoms with Gasteiger partial charge in [0.2, 0.25) is 11.6 Å². The highest BCUT2D eigenvalue weighted by Gasteiger charge is 2.34. The molecule has 3 atom stereocenters. The van der Waals surface area contributed by atoms with Crippen LogP contribution in [0, 0.1) is 17.3 Å². The highest BCUT2D eigenvalue weighted by Crippen LogP contribution is 2.45. The second-order valence-electron chi connectivity index (χ2n) is 9.90. The lowest BCUT2D eigenvalue weighted by molar-refractivity contribution is -0.140. The van der Waals surface area contributed by atoms with Crippen LogP contribution in [-0.4, -0.2) is 33.8 Å². The maximum atomic E-state index is 12.4. The standard InChI is InChI=1S/C26H37NO5/c1-15(2)22(25(31)32)27-20-14-21(28)24(30)19(23(20)29)10-9-16(3)11-13-26(6)12-7-8-17(4)18(26)5/h8-9,14-15,18,22,27,29H,7,10-13H2,1-6H3,(H,31,32)/b16-9+/t18-,22-,26-/m1/s1. The molecule has 0 aromatic carbocycles. The van der Waals surface area contributed by atoms with E-state index in [1.54, 1.807) is 13.8 Å². The molecule has 176 valence electrons. The van der Waals surface area contributed by atoms with Gasteiger partial charge in [0.15, 0.2) is 0 Å². The van der Waals surface area contributed by atoms with E-state index in [0.29, 0.717) is 5.92 Å². The molecule has 6 heteroatoms. The Morgan fingerprint density at radius 3 is 2.59 bits per heavy atom. The molecule has 6 nitrogen and oxygen atoms in total. The molecular weight excluding hydrogens is 406 g/mol. The molecule has 0 aromatic rings. The molecule has 2 rings (SSSR count). The molecule has 3 N–H and O–H groups in total. The molecule has 0 saturated heterocycles. The van der Waals surface area contributed by atoms with Gasteiger partial charge in [-0.3, -0.25) is 9.59 Å². The van der Waals surface area contributed by atoms with E-state index in [4.69, 9.17) is 0 Å². The van der Waals surface area contributed by atoms with Crippen molar-refractivity contribution in [3.05, 3.63) is 46.4 Å². The van der Waals surface area contributed by atoms with Gasteiger partial charge in [-0.2, -0.15) is 0 Å². The minimum atomic E-state index is -1.09. The molecule has 32 heavy (non-hydrogen) atoms. The van der Waals surface area contributed by atoms with E-state index in [1.807, 2.05) is 13.0 Å². The summed E-state index contributed by atoms with van der Waals surface area (Å²) in [5.41, 5.74) is 2.76. The number of carbonyl (C=O) groups excluding carboxylic acids is 2. The van der Waals surface area contributed by atoms with Gasteiger partial charge < -0.3 is 15.5 Å². The first-order valence-electron chi connectivity index (χ1n) is 11.4. The summed E-state index contributed by atoms with van der Waals surface area (Å²) in [6.07, 6.45) is 9.48. The Hall–Kier alpha value is -2.63. The molecule has 0 aliphatic heterocycles. The molecule has 0 radical (unpaired) electrons. The largest absolute Gasteiger partial charge is 0.505 e. The predicted molar refractivity (Wildman–Crippen MR) is 125 cm³/mol. The Balaban J connectivity index is 2.13. The van der Waals surface area contributed by atoms with E-state index in [2.05, 4.69) is 32.2 Å². The van der Waals surface area contributed by atoms with Crippen molar-refractivity contribution in [2.45, 2.75) is 79.7 Å². The smallest absolute Gasteiger partial charge is 0.326 e. The molecule has 0 spiro atoms. The van der Waals surface area contributed by atoms with Crippen molar-refractivity contribution in [3.8, 4) is 0 Å². The van der Waals surface area contributed by atoms with Gasteiger partial charge in [-0.15, -0.1) is 0 Å². The Morgan fingerprint density at radius 2 is 2.00 bits per heavy atom. The maximum Gasteiger partial charge on any atom is 0.326 e. The zero-order valence-corrected chi connectivity index (χ0v) is 20.1. The Morgan fingerprint density at radius 1 is 1.34 bits per heavy atom. The lowest BCUT2D eigenvalue weighted by Gasteiger charge is -2.40. The van der Waals surface area contributed by atoms with Crippen LogP contribution in [0.5, 0.6) is 0 Å². The first-order chi connectivity index (χ1) is 14.9. The van der Waals surface area contributed by atoms with Gasteiger partial charge in [0.25, 0.3) is 0 Å². The van der Waals surface area contributed by atoms with Crippen molar-refractivity contribution in [2.24, 2.45) is 17.3 Å². The summed E-state index contributed by atoms with van der Waals surface area (Å²) in [6, 6.07) is -0.987. The van der Waals surface area contributed by atoms with Crippen molar-refractivity contribution >= 4 is 17.5 Å². The van der Waals surface area contributed by atoms with Crippen LogP contribution in [0.25, 0.3) is 0 Å². The molecule has 0 heterocycles. The number of nitrogens with one attached hydrogen (secondary N) is 1. The zero-order chi connectivity index (χ0) is 24.2. The number of hydrogen-bond donors (Lipinski definition) is 3. The van der Waals surface area contributed by atoms with Gasteiger partial charge >= 0.3 is 5.97 Å². The number of Topliss-reactive ketones (excluding diaryl/α,β-unsaturated/α-hetero) is 1. The molecule has 0 bridgehead atoms. The quantitative estimate of drug-likeness (QED) is 0.262. The summed E-state index contributed by atoms with van der Waals surface area (Å²) in [4.78, 5) is 36.1.